The number of aromatic nitrogens is 2. The molecule has 28 heavy (non-hydrogen) atoms. The Morgan fingerprint density at radius 3 is 2.54 bits per heavy atom. The molecule has 1 heterocycles. The standard InChI is InChI=1S/C22H23ClN4O/c1-4-27(14-17-8-6-5-7-9-17)22-24-16(3)12-20(26-22)21(28)25-19-13-18(23)11-10-15(19)2/h5-13H,4,14H2,1-3H3,(H,25,28). The van der Waals surface area contributed by atoms with Gasteiger partial charge in [0.15, 0.2) is 0 Å². The second-order valence-electron chi connectivity index (χ2n) is 6.61. The first-order valence-electron chi connectivity index (χ1n) is 9.18. The second kappa shape index (κ2) is 8.85. The maximum Gasteiger partial charge on any atom is 0.274 e. The van der Waals surface area contributed by atoms with Gasteiger partial charge in [0, 0.05) is 29.5 Å². The maximum absolute atomic E-state index is 12.8. The van der Waals surface area contributed by atoms with E-state index in [4.69, 9.17) is 11.6 Å². The smallest absolute Gasteiger partial charge is 0.274 e. The molecule has 144 valence electrons. The molecule has 0 bridgehead atoms. The van der Waals surface area contributed by atoms with Crippen LogP contribution in [0.3, 0.4) is 0 Å². The fourth-order valence-electron chi connectivity index (χ4n) is 2.85. The predicted octanol–water partition coefficient (Wildman–Crippen LogP) is 5.03. The molecular weight excluding hydrogens is 372 g/mol. The predicted molar refractivity (Wildman–Crippen MR) is 114 cm³/mol. The molecule has 0 aliphatic heterocycles. The van der Waals surface area contributed by atoms with E-state index in [-0.39, 0.29) is 5.91 Å². The van der Waals surface area contributed by atoms with E-state index in [0.717, 1.165) is 23.4 Å². The number of hydrogen-bond donors (Lipinski definition) is 1. The average molecular weight is 395 g/mol. The number of nitrogens with zero attached hydrogens (tertiary/aromatic N) is 3. The molecule has 1 amide bonds. The summed E-state index contributed by atoms with van der Waals surface area (Å²) in [6.07, 6.45) is 0. The molecule has 0 saturated heterocycles. The van der Waals surface area contributed by atoms with Crippen molar-refractivity contribution in [2.75, 3.05) is 16.8 Å². The van der Waals surface area contributed by atoms with Crippen LogP contribution < -0.4 is 10.2 Å². The van der Waals surface area contributed by atoms with Crippen molar-refractivity contribution < 1.29 is 4.79 Å². The van der Waals surface area contributed by atoms with Gasteiger partial charge in [-0.05, 0) is 50.1 Å². The summed E-state index contributed by atoms with van der Waals surface area (Å²) in [5.41, 5.74) is 3.84. The number of amides is 1. The van der Waals surface area contributed by atoms with Crippen LogP contribution in [0.4, 0.5) is 11.6 Å². The molecule has 0 fully saturated rings. The molecule has 0 aliphatic rings. The minimum atomic E-state index is -0.284. The van der Waals surface area contributed by atoms with Crippen LogP contribution in [0.25, 0.3) is 0 Å². The number of halogens is 1. The van der Waals surface area contributed by atoms with Crippen molar-refractivity contribution >= 4 is 29.1 Å². The van der Waals surface area contributed by atoms with E-state index < -0.39 is 0 Å². The van der Waals surface area contributed by atoms with Crippen molar-refractivity contribution in [2.24, 2.45) is 0 Å². The van der Waals surface area contributed by atoms with Crippen LogP contribution in [-0.4, -0.2) is 22.4 Å². The third kappa shape index (κ3) is 4.87. The van der Waals surface area contributed by atoms with Gasteiger partial charge in [0.2, 0.25) is 5.95 Å². The van der Waals surface area contributed by atoms with Crippen LogP contribution in [-0.2, 0) is 6.54 Å². The zero-order valence-electron chi connectivity index (χ0n) is 16.2. The number of rotatable bonds is 6. The van der Waals surface area contributed by atoms with E-state index in [1.165, 1.54) is 0 Å². The number of anilines is 2. The van der Waals surface area contributed by atoms with E-state index in [9.17, 15) is 4.79 Å². The molecule has 0 atom stereocenters. The first-order chi connectivity index (χ1) is 13.5. The molecule has 5 nitrogen and oxygen atoms in total. The largest absolute Gasteiger partial charge is 0.337 e. The third-order valence-corrected chi connectivity index (χ3v) is 4.64. The SMILES string of the molecule is CCN(Cc1ccccc1)c1nc(C)cc(C(=O)Nc2cc(Cl)ccc2C)n1. The lowest BCUT2D eigenvalue weighted by atomic mass is 10.2. The first kappa shape index (κ1) is 19.8. The second-order valence-corrected chi connectivity index (χ2v) is 7.04. The highest BCUT2D eigenvalue weighted by molar-refractivity contribution is 6.31. The fraction of sp³-hybridized carbons (Fsp3) is 0.227. The minimum Gasteiger partial charge on any atom is -0.337 e. The number of carbonyl (C=O) groups excluding carboxylic acids is 1. The summed E-state index contributed by atoms with van der Waals surface area (Å²) in [4.78, 5) is 23.9. The lowest BCUT2D eigenvalue weighted by Crippen LogP contribution is -2.26. The Labute approximate surface area is 170 Å². The summed E-state index contributed by atoms with van der Waals surface area (Å²) in [5, 5.41) is 3.47. The quantitative estimate of drug-likeness (QED) is 0.637. The number of aryl methyl sites for hydroxylation is 2. The number of carbonyl (C=O) groups is 1. The van der Waals surface area contributed by atoms with Gasteiger partial charge >= 0.3 is 0 Å². The monoisotopic (exact) mass is 394 g/mol. The molecule has 1 aromatic heterocycles. The maximum atomic E-state index is 12.8. The Balaban J connectivity index is 1.85. The van der Waals surface area contributed by atoms with E-state index in [1.54, 1.807) is 18.2 Å². The Morgan fingerprint density at radius 2 is 1.82 bits per heavy atom. The highest BCUT2D eigenvalue weighted by atomic mass is 35.5. The van der Waals surface area contributed by atoms with Gasteiger partial charge in [-0.25, -0.2) is 9.97 Å². The van der Waals surface area contributed by atoms with Gasteiger partial charge in [0.05, 0.1) is 0 Å². The topological polar surface area (TPSA) is 58.1 Å². The van der Waals surface area contributed by atoms with Crippen LogP contribution in [0, 0.1) is 13.8 Å². The summed E-state index contributed by atoms with van der Waals surface area (Å²) >= 11 is 6.05. The Bertz CT molecular complexity index is 976. The van der Waals surface area contributed by atoms with Gasteiger partial charge in [-0.3, -0.25) is 4.79 Å². The summed E-state index contributed by atoms with van der Waals surface area (Å²) < 4.78 is 0. The average Bonchev–Trinajstić information content (AvgIpc) is 2.69. The fourth-order valence-corrected chi connectivity index (χ4v) is 3.03. The molecule has 0 saturated carbocycles. The van der Waals surface area contributed by atoms with Gasteiger partial charge in [-0.1, -0.05) is 48.0 Å². The highest BCUT2D eigenvalue weighted by Gasteiger charge is 2.15. The Morgan fingerprint density at radius 1 is 1.07 bits per heavy atom. The van der Waals surface area contributed by atoms with Crippen molar-refractivity contribution in [1.29, 1.82) is 0 Å². The highest BCUT2D eigenvalue weighted by Crippen LogP contribution is 2.21. The van der Waals surface area contributed by atoms with E-state index in [1.807, 2.05) is 49.9 Å². The minimum absolute atomic E-state index is 0.284. The molecule has 3 rings (SSSR count). The molecule has 0 spiro atoms. The molecule has 3 aromatic rings. The van der Waals surface area contributed by atoms with Crippen molar-refractivity contribution in [2.45, 2.75) is 27.3 Å². The van der Waals surface area contributed by atoms with Crippen molar-refractivity contribution in [3.8, 4) is 0 Å². The summed E-state index contributed by atoms with van der Waals surface area (Å²) in [6.45, 7) is 7.23. The normalized spacial score (nSPS) is 10.6. The Kier molecular flexibility index (Phi) is 6.26. The molecule has 6 heteroatoms. The van der Waals surface area contributed by atoms with Crippen LogP contribution in [0.5, 0.6) is 0 Å². The number of nitrogens with one attached hydrogen (secondary N) is 1. The van der Waals surface area contributed by atoms with Gasteiger partial charge < -0.3 is 10.2 Å². The van der Waals surface area contributed by atoms with Crippen LogP contribution in [0.15, 0.2) is 54.6 Å². The van der Waals surface area contributed by atoms with Gasteiger partial charge in [0.1, 0.15) is 5.69 Å². The molecular formula is C22H23ClN4O. The van der Waals surface area contributed by atoms with Crippen molar-refractivity contribution in [1.82, 2.24) is 9.97 Å². The van der Waals surface area contributed by atoms with Crippen LogP contribution in [0.1, 0.15) is 34.2 Å². The van der Waals surface area contributed by atoms with Crippen LogP contribution >= 0.6 is 11.6 Å². The van der Waals surface area contributed by atoms with E-state index >= 15 is 0 Å². The van der Waals surface area contributed by atoms with Crippen molar-refractivity contribution in [3.63, 3.8) is 0 Å². The summed E-state index contributed by atoms with van der Waals surface area (Å²) in [6, 6.07) is 17.2. The number of hydrogen-bond acceptors (Lipinski definition) is 4. The number of benzene rings is 2. The van der Waals surface area contributed by atoms with Gasteiger partial charge in [0.25, 0.3) is 5.91 Å². The lowest BCUT2D eigenvalue weighted by Gasteiger charge is -2.21. The third-order valence-electron chi connectivity index (χ3n) is 4.40. The summed E-state index contributed by atoms with van der Waals surface area (Å²) in [5.74, 6) is 0.257. The molecule has 2 aromatic carbocycles. The molecule has 0 aliphatic carbocycles. The lowest BCUT2D eigenvalue weighted by molar-refractivity contribution is 0.102. The molecule has 0 unspecified atom stereocenters. The summed E-state index contributed by atoms with van der Waals surface area (Å²) in [7, 11) is 0. The zero-order valence-corrected chi connectivity index (χ0v) is 17.0. The van der Waals surface area contributed by atoms with Crippen molar-refractivity contribution in [3.05, 3.63) is 82.1 Å². The molecule has 1 N–H and O–H groups in total. The molecule has 0 radical (unpaired) electrons. The van der Waals surface area contributed by atoms with E-state index in [0.29, 0.717) is 28.9 Å². The van der Waals surface area contributed by atoms with E-state index in [2.05, 4.69) is 27.4 Å². The first-order valence-corrected chi connectivity index (χ1v) is 9.56. The zero-order chi connectivity index (χ0) is 20.1. The Hall–Kier alpha value is -2.92. The van der Waals surface area contributed by atoms with Gasteiger partial charge in [-0.2, -0.15) is 0 Å². The van der Waals surface area contributed by atoms with Crippen LogP contribution in [0.2, 0.25) is 5.02 Å². The van der Waals surface area contributed by atoms with Gasteiger partial charge in [-0.15, -0.1) is 0 Å².